The van der Waals surface area contributed by atoms with Crippen molar-refractivity contribution in [1.82, 2.24) is 17.9 Å². The zero-order valence-corrected chi connectivity index (χ0v) is 36.1. The zero-order chi connectivity index (χ0) is 42.3. The van der Waals surface area contributed by atoms with Crippen LogP contribution in [0.2, 0.25) is 0 Å². The molecule has 0 saturated heterocycles. The van der Waals surface area contributed by atoms with Crippen LogP contribution in [0.4, 0.5) is 0 Å². The minimum atomic E-state index is 0.214. The maximum atomic E-state index is 2.69. The Labute approximate surface area is 368 Å². The third-order valence-electron chi connectivity index (χ3n) is 14.8. The minimum absolute atomic E-state index is 0.214. The van der Waals surface area contributed by atoms with Crippen LogP contribution in [0, 0.1) is 0 Å². The van der Waals surface area contributed by atoms with Crippen LogP contribution in [0.25, 0.3) is 131 Å². The maximum Gasteiger partial charge on any atom is 0.0642 e. The van der Waals surface area contributed by atoms with Crippen molar-refractivity contribution in [3.05, 3.63) is 181 Å². The van der Waals surface area contributed by atoms with Crippen LogP contribution < -0.4 is 0 Å². The number of fused-ring (bicyclic) bond motifs is 20. The van der Waals surface area contributed by atoms with E-state index < -0.39 is 0 Å². The molecule has 0 radical (unpaired) electrons. The quantitative estimate of drug-likeness (QED) is 0.168. The first-order chi connectivity index (χ1) is 31.5. The molecule has 0 atom stereocenters. The summed E-state index contributed by atoms with van der Waals surface area (Å²) in [6, 6.07) is 63.4. The molecule has 0 spiro atoms. The van der Waals surface area contributed by atoms with Crippen LogP contribution in [0.3, 0.4) is 0 Å². The second-order valence-electron chi connectivity index (χ2n) is 18.8. The molecule has 0 unspecified atom stereocenters. The van der Waals surface area contributed by atoms with Gasteiger partial charge in [-0.05, 0) is 83.6 Å². The molecule has 64 heavy (non-hydrogen) atoms. The number of aromatic nitrogens is 4. The van der Waals surface area contributed by atoms with E-state index in [0.717, 1.165) is 0 Å². The van der Waals surface area contributed by atoms with Crippen molar-refractivity contribution in [2.24, 2.45) is 0 Å². The molecule has 15 aromatic rings. The number of para-hydroxylation sites is 6. The van der Waals surface area contributed by atoms with Gasteiger partial charge in [-0.2, -0.15) is 0 Å². The topological polar surface area (TPSA) is 18.7 Å². The number of hydrogen-bond donors (Lipinski definition) is 0. The van der Waals surface area contributed by atoms with E-state index in [4.69, 9.17) is 0 Å². The summed E-state index contributed by atoms with van der Waals surface area (Å²) >= 11 is 0. The van der Waals surface area contributed by atoms with Gasteiger partial charge in [0.2, 0.25) is 0 Å². The minimum Gasteiger partial charge on any atom is -0.309 e. The molecule has 0 N–H and O–H groups in total. The first kappa shape index (κ1) is 34.7. The average Bonchev–Trinajstić information content (AvgIpc) is 4.16. The van der Waals surface area contributed by atoms with E-state index in [0.29, 0.717) is 0 Å². The molecule has 15 rings (SSSR count). The lowest BCUT2D eigenvalue weighted by atomic mass is 9.86. The molecular formula is C60H42N4. The Bertz CT molecular complexity index is 4460. The zero-order valence-electron chi connectivity index (χ0n) is 36.1. The molecule has 0 aliphatic rings. The van der Waals surface area contributed by atoms with Gasteiger partial charge in [0.25, 0.3) is 0 Å². The molecule has 302 valence electrons. The second kappa shape index (κ2) is 12.0. The van der Waals surface area contributed by atoms with Crippen LogP contribution in [0.5, 0.6) is 0 Å². The molecule has 4 nitrogen and oxygen atoms in total. The molecule has 0 fully saturated rings. The standard InChI is InChI=1S/C60H42N4/c1-33(2)49-52-43-31-41-37-23-11-15-27-44(37)62(36-21-9-6-10-22-36)56(41)53-40-26-14-18-30-47(40)64(58(43)53)59(52)50(34(3)4)54-55-51-39-25-13-17-29-46(39)61(35-19-7-5-8-20-35)48(51)32-42-38-24-12-16-28-45(38)63(57(42)55)60(49)54/h5-34H,1-4H3. The van der Waals surface area contributed by atoms with Gasteiger partial charge in [-0.1, -0.05) is 137 Å². The van der Waals surface area contributed by atoms with Crippen molar-refractivity contribution < 1.29 is 0 Å². The first-order valence-corrected chi connectivity index (χ1v) is 22.9. The normalized spacial score (nSPS) is 13.0. The Hall–Kier alpha value is -7.82. The van der Waals surface area contributed by atoms with Crippen molar-refractivity contribution in [2.45, 2.75) is 39.5 Å². The fourth-order valence-electron chi connectivity index (χ4n) is 12.7. The average molecular weight is 819 g/mol. The van der Waals surface area contributed by atoms with Crippen molar-refractivity contribution in [1.29, 1.82) is 0 Å². The van der Waals surface area contributed by atoms with Crippen LogP contribution in [0.1, 0.15) is 50.7 Å². The maximum absolute atomic E-state index is 2.69. The molecule has 0 aliphatic carbocycles. The molecule has 4 heteroatoms. The Morgan fingerprint density at radius 3 is 1.34 bits per heavy atom. The number of rotatable bonds is 4. The van der Waals surface area contributed by atoms with Gasteiger partial charge in [0.05, 0.1) is 55.2 Å². The highest BCUT2D eigenvalue weighted by molar-refractivity contribution is 6.40. The highest BCUT2D eigenvalue weighted by atomic mass is 15.0. The highest BCUT2D eigenvalue weighted by Gasteiger charge is 2.34. The molecule has 6 heterocycles. The Kier molecular flexibility index (Phi) is 6.51. The van der Waals surface area contributed by atoms with Gasteiger partial charge in [0, 0.05) is 76.0 Å². The predicted molar refractivity (Wildman–Crippen MR) is 273 cm³/mol. The van der Waals surface area contributed by atoms with Gasteiger partial charge in [-0.15, -0.1) is 0 Å². The van der Waals surface area contributed by atoms with Crippen LogP contribution in [-0.4, -0.2) is 17.9 Å². The highest BCUT2D eigenvalue weighted by Crippen LogP contribution is 2.55. The summed E-state index contributed by atoms with van der Waals surface area (Å²) in [7, 11) is 0. The largest absolute Gasteiger partial charge is 0.309 e. The van der Waals surface area contributed by atoms with Crippen LogP contribution in [-0.2, 0) is 0 Å². The van der Waals surface area contributed by atoms with Gasteiger partial charge in [-0.3, -0.25) is 0 Å². The third kappa shape index (κ3) is 3.98. The SMILES string of the molecule is CC(C)c1c2c3cc4c5ccccc5n(-c5ccccc5)c4c4c5ccccc5n(c2c(C(C)C)c2c5c6c7ccccc7n(-c7ccccc7)c6cc6c7ccccc7n(c12)c65)c34. The van der Waals surface area contributed by atoms with E-state index in [2.05, 4.69) is 215 Å². The number of benzene rings is 9. The lowest BCUT2D eigenvalue weighted by molar-refractivity contribution is 0.869. The van der Waals surface area contributed by atoms with Crippen molar-refractivity contribution in [3.8, 4) is 11.4 Å². The summed E-state index contributed by atoms with van der Waals surface area (Å²) in [5.74, 6) is 0.439. The summed E-state index contributed by atoms with van der Waals surface area (Å²) in [4.78, 5) is 0. The fourth-order valence-corrected chi connectivity index (χ4v) is 12.7. The number of nitrogens with zero attached hydrogens (tertiary/aromatic N) is 4. The van der Waals surface area contributed by atoms with Crippen LogP contribution >= 0.6 is 0 Å². The third-order valence-corrected chi connectivity index (χ3v) is 14.8. The van der Waals surface area contributed by atoms with Crippen LogP contribution in [0.15, 0.2) is 170 Å². The van der Waals surface area contributed by atoms with E-state index in [1.54, 1.807) is 0 Å². The summed E-state index contributed by atoms with van der Waals surface area (Å²) < 4.78 is 10.4. The van der Waals surface area contributed by atoms with Gasteiger partial charge in [0.1, 0.15) is 0 Å². The lowest BCUT2D eigenvalue weighted by Crippen LogP contribution is -2.00. The van der Waals surface area contributed by atoms with Crippen molar-refractivity contribution in [2.75, 3.05) is 0 Å². The Balaban J connectivity index is 1.29. The lowest BCUT2D eigenvalue weighted by Gasteiger charge is -2.19. The smallest absolute Gasteiger partial charge is 0.0642 e. The predicted octanol–water partition coefficient (Wildman–Crippen LogP) is 16.4. The first-order valence-electron chi connectivity index (χ1n) is 22.9. The molecule has 6 aromatic heterocycles. The van der Waals surface area contributed by atoms with E-state index in [1.807, 2.05) is 0 Å². The van der Waals surface area contributed by atoms with E-state index in [-0.39, 0.29) is 11.8 Å². The van der Waals surface area contributed by atoms with E-state index in [9.17, 15) is 0 Å². The molecule has 0 saturated carbocycles. The fraction of sp³-hybridized carbons (Fsp3) is 0.100. The Morgan fingerprint density at radius 2 is 0.719 bits per heavy atom. The van der Waals surface area contributed by atoms with Gasteiger partial charge in [-0.25, -0.2) is 0 Å². The van der Waals surface area contributed by atoms with Gasteiger partial charge in [0.15, 0.2) is 0 Å². The molecule has 0 aliphatic heterocycles. The van der Waals surface area contributed by atoms with Crippen molar-refractivity contribution in [3.63, 3.8) is 0 Å². The molecule has 0 amide bonds. The summed E-state index contributed by atoms with van der Waals surface area (Å²) in [6.45, 7) is 9.72. The molecular weight excluding hydrogens is 777 g/mol. The van der Waals surface area contributed by atoms with Gasteiger partial charge >= 0.3 is 0 Å². The summed E-state index contributed by atoms with van der Waals surface area (Å²) in [6.07, 6.45) is 0. The molecule has 0 bridgehead atoms. The Morgan fingerprint density at radius 1 is 0.281 bits per heavy atom. The monoisotopic (exact) mass is 818 g/mol. The molecule has 9 aromatic carbocycles. The van der Waals surface area contributed by atoms with Crippen molar-refractivity contribution >= 4 is 120 Å². The number of hydrogen-bond acceptors (Lipinski definition) is 0. The van der Waals surface area contributed by atoms with Gasteiger partial charge < -0.3 is 17.9 Å². The summed E-state index contributed by atoms with van der Waals surface area (Å²) in [5.41, 5.74) is 18.1. The summed E-state index contributed by atoms with van der Waals surface area (Å²) in [5, 5.41) is 15.9. The second-order valence-corrected chi connectivity index (χ2v) is 18.8. The van der Waals surface area contributed by atoms with E-state index >= 15 is 0 Å². The van der Waals surface area contributed by atoms with E-state index in [1.165, 1.54) is 142 Å².